The molecule has 2 fully saturated rings. The van der Waals surface area contributed by atoms with Gasteiger partial charge in [-0.15, -0.1) is 0 Å². The van der Waals surface area contributed by atoms with Crippen LogP contribution in [0.4, 0.5) is 5.82 Å². The highest BCUT2D eigenvalue weighted by molar-refractivity contribution is 5.88. The summed E-state index contributed by atoms with van der Waals surface area (Å²) in [5.74, 6) is 0.528. The summed E-state index contributed by atoms with van der Waals surface area (Å²) in [5, 5.41) is 15.9. The molecule has 1 saturated carbocycles. The molecule has 1 aliphatic heterocycles. The van der Waals surface area contributed by atoms with E-state index < -0.39 is 11.5 Å². The van der Waals surface area contributed by atoms with E-state index in [1.54, 1.807) is 30.4 Å². The standard InChI is InChI=1S/C22H18N6O3/c1-28-10-14-17(21(28)29)22(14,30)16-8-15(27-31-16)11-3-2-4-12(7-11)20-25-9-13-5-6-24-19(23)18(13)26-20/h2-9,14,17,30H,10H2,1H3,(H2,23,24)/t14-,17?,22?/m1/s1. The van der Waals surface area contributed by atoms with Crippen molar-refractivity contribution in [1.29, 1.82) is 0 Å². The molecule has 3 aromatic heterocycles. The summed E-state index contributed by atoms with van der Waals surface area (Å²) in [4.78, 5) is 26.9. The lowest BCUT2D eigenvalue weighted by atomic mass is 10.1. The van der Waals surface area contributed by atoms with Gasteiger partial charge in [0.05, 0.1) is 5.92 Å². The van der Waals surface area contributed by atoms with E-state index in [1.807, 2.05) is 30.3 Å². The van der Waals surface area contributed by atoms with Crippen LogP contribution < -0.4 is 5.73 Å². The first-order valence-corrected chi connectivity index (χ1v) is 9.89. The molecule has 3 atom stereocenters. The summed E-state index contributed by atoms with van der Waals surface area (Å²) in [6, 6.07) is 11.1. The molecule has 0 radical (unpaired) electrons. The molecular weight excluding hydrogens is 396 g/mol. The zero-order chi connectivity index (χ0) is 21.3. The van der Waals surface area contributed by atoms with Gasteiger partial charge in [0.25, 0.3) is 0 Å². The topological polar surface area (TPSA) is 131 Å². The van der Waals surface area contributed by atoms with Gasteiger partial charge in [0, 0.05) is 54.5 Å². The molecule has 6 rings (SSSR count). The van der Waals surface area contributed by atoms with Crippen molar-refractivity contribution in [2.24, 2.45) is 11.8 Å². The fraction of sp³-hybridized carbons (Fsp3) is 0.227. The highest BCUT2D eigenvalue weighted by atomic mass is 16.5. The summed E-state index contributed by atoms with van der Waals surface area (Å²) in [5.41, 5.74) is 7.42. The number of benzene rings is 1. The highest BCUT2D eigenvalue weighted by Gasteiger charge is 2.75. The number of anilines is 1. The van der Waals surface area contributed by atoms with Gasteiger partial charge in [-0.3, -0.25) is 4.79 Å². The number of rotatable bonds is 3. The van der Waals surface area contributed by atoms with Gasteiger partial charge in [-0.1, -0.05) is 23.4 Å². The maximum atomic E-state index is 12.2. The molecule has 9 nitrogen and oxygen atoms in total. The molecule has 4 heterocycles. The van der Waals surface area contributed by atoms with Crippen LogP contribution in [0, 0.1) is 11.8 Å². The molecule has 2 unspecified atom stereocenters. The van der Waals surface area contributed by atoms with Gasteiger partial charge in [0.15, 0.2) is 11.6 Å². The third kappa shape index (κ3) is 2.50. The van der Waals surface area contributed by atoms with Crippen LogP contribution in [-0.4, -0.2) is 49.6 Å². The molecule has 3 N–H and O–H groups in total. The summed E-state index contributed by atoms with van der Waals surface area (Å²) in [7, 11) is 1.74. The molecule has 31 heavy (non-hydrogen) atoms. The van der Waals surface area contributed by atoms with Crippen molar-refractivity contribution in [3.8, 4) is 22.6 Å². The molecule has 2 aliphatic rings. The van der Waals surface area contributed by atoms with Gasteiger partial charge < -0.3 is 20.3 Å². The predicted molar refractivity (Wildman–Crippen MR) is 111 cm³/mol. The van der Waals surface area contributed by atoms with Gasteiger partial charge in [-0.2, -0.15) is 0 Å². The zero-order valence-corrected chi connectivity index (χ0v) is 16.6. The third-order valence-corrected chi connectivity index (χ3v) is 6.29. The average Bonchev–Trinajstić information content (AvgIpc) is 3.12. The van der Waals surface area contributed by atoms with Crippen LogP contribution in [0.3, 0.4) is 0 Å². The van der Waals surface area contributed by atoms with Gasteiger partial charge in [0.1, 0.15) is 22.6 Å². The number of likely N-dealkylation sites (tertiary alicyclic amines) is 1. The summed E-state index contributed by atoms with van der Waals surface area (Å²) < 4.78 is 5.46. The van der Waals surface area contributed by atoms with E-state index in [0.29, 0.717) is 35.2 Å². The number of hydrogen-bond acceptors (Lipinski definition) is 8. The van der Waals surface area contributed by atoms with E-state index >= 15 is 0 Å². The van der Waals surface area contributed by atoms with Crippen molar-refractivity contribution in [2.75, 3.05) is 19.3 Å². The lowest BCUT2D eigenvalue weighted by Gasteiger charge is -2.17. The summed E-state index contributed by atoms with van der Waals surface area (Å²) in [6.07, 6.45) is 3.34. The van der Waals surface area contributed by atoms with Gasteiger partial charge >= 0.3 is 0 Å². The Balaban J connectivity index is 1.34. The van der Waals surface area contributed by atoms with E-state index in [2.05, 4.69) is 20.1 Å². The second kappa shape index (κ2) is 6.08. The number of aliphatic hydroxyl groups is 1. The zero-order valence-electron chi connectivity index (χ0n) is 16.6. The number of nitrogens with zero attached hydrogens (tertiary/aromatic N) is 5. The van der Waals surface area contributed by atoms with Crippen molar-refractivity contribution in [1.82, 2.24) is 25.0 Å². The Hall–Kier alpha value is -3.85. The minimum absolute atomic E-state index is 0.0605. The van der Waals surface area contributed by atoms with Crippen molar-refractivity contribution in [2.45, 2.75) is 5.60 Å². The molecule has 154 valence electrons. The quantitative estimate of drug-likeness (QED) is 0.519. The van der Waals surface area contributed by atoms with Crippen LogP contribution in [-0.2, 0) is 10.4 Å². The van der Waals surface area contributed by atoms with Gasteiger partial charge in [-0.05, 0) is 12.1 Å². The molecular formula is C22H18N6O3. The molecule has 9 heteroatoms. The first kappa shape index (κ1) is 18.0. The molecule has 1 aliphatic carbocycles. The third-order valence-electron chi connectivity index (χ3n) is 6.29. The Kier molecular flexibility index (Phi) is 3.52. The van der Waals surface area contributed by atoms with Crippen LogP contribution >= 0.6 is 0 Å². The largest absolute Gasteiger partial charge is 0.382 e. The van der Waals surface area contributed by atoms with Crippen LogP contribution in [0.25, 0.3) is 33.5 Å². The Bertz CT molecular complexity index is 1370. The number of carbonyl (C=O) groups is 1. The SMILES string of the molecule is CN1C[C@@H]2C(C1=O)C2(O)c1cc(-c2cccc(-c3ncc4ccnc(N)c4n3)c2)no1. The van der Waals surface area contributed by atoms with Crippen LogP contribution in [0.1, 0.15) is 5.76 Å². The monoisotopic (exact) mass is 414 g/mol. The van der Waals surface area contributed by atoms with Crippen molar-refractivity contribution < 1.29 is 14.4 Å². The lowest BCUT2D eigenvalue weighted by molar-refractivity contribution is -0.132. The molecule has 4 aromatic rings. The number of piperidine rings is 1. The number of aromatic nitrogens is 4. The maximum absolute atomic E-state index is 12.2. The second-order valence-corrected chi connectivity index (χ2v) is 8.11. The number of pyridine rings is 1. The first-order chi connectivity index (χ1) is 15.0. The summed E-state index contributed by atoms with van der Waals surface area (Å²) >= 11 is 0. The number of hydrogen-bond donors (Lipinski definition) is 2. The number of fused-ring (bicyclic) bond motifs is 2. The lowest BCUT2D eigenvalue weighted by Crippen LogP contribution is -2.31. The highest BCUT2D eigenvalue weighted by Crippen LogP contribution is 2.62. The average molecular weight is 414 g/mol. The number of carbonyl (C=O) groups excluding carboxylic acids is 1. The number of amides is 1. The molecule has 1 saturated heterocycles. The van der Waals surface area contributed by atoms with E-state index in [1.165, 1.54) is 0 Å². The minimum atomic E-state index is -1.27. The van der Waals surface area contributed by atoms with Gasteiger partial charge in [-0.25, -0.2) is 15.0 Å². The van der Waals surface area contributed by atoms with Crippen molar-refractivity contribution >= 4 is 22.6 Å². The van der Waals surface area contributed by atoms with Gasteiger partial charge in [0.2, 0.25) is 5.91 Å². The minimum Gasteiger partial charge on any atom is -0.382 e. The fourth-order valence-electron chi connectivity index (χ4n) is 4.54. The number of nitrogen functional groups attached to an aromatic ring is 1. The van der Waals surface area contributed by atoms with E-state index in [4.69, 9.17) is 10.3 Å². The Labute approximate surface area is 176 Å². The predicted octanol–water partition coefficient (Wildman–Crippen LogP) is 1.83. The smallest absolute Gasteiger partial charge is 0.229 e. The van der Waals surface area contributed by atoms with Crippen molar-refractivity contribution in [3.63, 3.8) is 0 Å². The van der Waals surface area contributed by atoms with E-state index in [-0.39, 0.29) is 11.8 Å². The second-order valence-electron chi connectivity index (χ2n) is 8.11. The first-order valence-electron chi connectivity index (χ1n) is 9.89. The molecule has 1 amide bonds. The fourth-order valence-corrected chi connectivity index (χ4v) is 4.54. The van der Waals surface area contributed by atoms with Crippen LogP contribution in [0.2, 0.25) is 0 Å². The van der Waals surface area contributed by atoms with Crippen LogP contribution in [0.5, 0.6) is 0 Å². The normalized spacial score (nSPS) is 24.6. The maximum Gasteiger partial charge on any atom is 0.229 e. The Morgan fingerprint density at radius 1 is 1.23 bits per heavy atom. The van der Waals surface area contributed by atoms with Crippen LogP contribution in [0.15, 0.2) is 53.3 Å². The molecule has 1 aromatic carbocycles. The summed E-state index contributed by atoms with van der Waals surface area (Å²) in [6.45, 7) is 0.517. The molecule has 0 bridgehead atoms. The van der Waals surface area contributed by atoms with E-state index in [0.717, 1.165) is 16.5 Å². The Morgan fingerprint density at radius 3 is 2.87 bits per heavy atom. The number of nitrogens with two attached hydrogens (primary N) is 1. The van der Waals surface area contributed by atoms with E-state index in [9.17, 15) is 9.90 Å². The van der Waals surface area contributed by atoms with Crippen molar-refractivity contribution in [3.05, 3.63) is 54.6 Å². The molecule has 0 spiro atoms. The Morgan fingerprint density at radius 2 is 2.06 bits per heavy atom.